The molecule has 1 rings (SSSR count). The van der Waals surface area contributed by atoms with Gasteiger partial charge >= 0.3 is 0 Å². The number of ether oxygens (including phenoxy) is 1. The Kier molecular flexibility index (Phi) is 8.78. The van der Waals surface area contributed by atoms with Crippen molar-refractivity contribution in [1.29, 1.82) is 0 Å². The van der Waals surface area contributed by atoms with Crippen molar-refractivity contribution >= 4 is 0 Å². The Balaban J connectivity index is 2.34. The Labute approximate surface area is 123 Å². The average Bonchev–Trinajstić information content (AvgIpc) is 2.49. The number of unbranched alkanes of at least 4 members (excludes halogenated alkanes) is 1. The molecule has 0 fully saturated rings. The fraction of sp³-hybridized carbons (Fsp3) is 0.556. The summed E-state index contributed by atoms with van der Waals surface area (Å²) in [6.07, 6.45) is 5.05. The minimum atomic E-state index is 0.404. The maximum absolute atomic E-state index is 5.83. The quantitative estimate of drug-likeness (QED) is 0.732. The molecule has 0 aliphatic carbocycles. The Morgan fingerprint density at radius 2 is 1.95 bits per heavy atom. The van der Waals surface area contributed by atoms with Crippen molar-refractivity contribution in [3.63, 3.8) is 0 Å². The van der Waals surface area contributed by atoms with E-state index in [-0.39, 0.29) is 0 Å². The summed E-state index contributed by atoms with van der Waals surface area (Å²) in [6.45, 7) is 6.44. The third-order valence-electron chi connectivity index (χ3n) is 3.45. The monoisotopic (exact) mass is 273 g/mol. The van der Waals surface area contributed by atoms with Crippen molar-refractivity contribution in [2.24, 2.45) is 11.7 Å². The summed E-state index contributed by atoms with van der Waals surface area (Å²) in [5.41, 5.74) is 7.56. The highest BCUT2D eigenvalue weighted by molar-refractivity contribution is 5.36. The average molecular weight is 273 g/mol. The number of hydrogen-bond acceptors (Lipinski definition) is 2. The van der Waals surface area contributed by atoms with Crippen LogP contribution in [0.1, 0.15) is 50.7 Å². The molecule has 0 saturated heterocycles. The van der Waals surface area contributed by atoms with E-state index in [1.807, 2.05) is 12.1 Å². The summed E-state index contributed by atoms with van der Waals surface area (Å²) < 4.78 is 5.83. The minimum Gasteiger partial charge on any atom is -0.376 e. The summed E-state index contributed by atoms with van der Waals surface area (Å²) in [5.74, 6) is 6.58. The molecule has 0 aliphatic rings. The number of benzene rings is 1. The summed E-state index contributed by atoms with van der Waals surface area (Å²) in [6, 6.07) is 8.20. The molecule has 110 valence electrons. The zero-order valence-electron chi connectivity index (χ0n) is 12.8. The predicted octanol–water partition coefficient (Wildman–Crippen LogP) is 3.73. The third kappa shape index (κ3) is 6.75. The van der Waals surface area contributed by atoms with Gasteiger partial charge in [-0.25, -0.2) is 0 Å². The first-order chi connectivity index (χ1) is 9.80. The van der Waals surface area contributed by atoms with E-state index in [0.717, 1.165) is 12.2 Å². The van der Waals surface area contributed by atoms with E-state index in [0.29, 0.717) is 19.1 Å². The minimum absolute atomic E-state index is 0.404. The molecule has 1 atom stereocenters. The van der Waals surface area contributed by atoms with E-state index >= 15 is 0 Å². The fourth-order valence-corrected chi connectivity index (χ4v) is 2.08. The van der Waals surface area contributed by atoms with Crippen LogP contribution >= 0.6 is 0 Å². The van der Waals surface area contributed by atoms with Crippen molar-refractivity contribution in [2.75, 3.05) is 13.2 Å². The van der Waals surface area contributed by atoms with Gasteiger partial charge in [0.25, 0.3) is 0 Å². The highest BCUT2D eigenvalue weighted by Crippen LogP contribution is 2.14. The number of hydrogen-bond donors (Lipinski definition) is 1. The number of nitrogens with two attached hydrogens (primary N) is 1. The maximum Gasteiger partial charge on any atom is 0.0717 e. The van der Waals surface area contributed by atoms with E-state index in [1.165, 1.54) is 31.2 Å². The molecule has 0 radical (unpaired) electrons. The zero-order chi connectivity index (χ0) is 14.6. The van der Waals surface area contributed by atoms with Gasteiger partial charge in [0.05, 0.1) is 13.2 Å². The second-order valence-corrected chi connectivity index (χ2v) is 5.13. The van der Waals surface area contributed by atoms with Gasteiger partial charge in [0.2, 0.25) is 0 Å². The topological polar surface area (TPSA) is 35.2 Å². The van der Waals surface area contributed by atoms with Crippen molar-refractivity contribution in [3.05, 3.63) is 35.4 Å². The standard InChI is InChI=1S/C18H27NO/c1-3-5-7-16(4-2)14-20-15-18-11-9-17(10-12-18)8-6-13-19/h9-12,16H,3-5,7,13-15,19H2,1-2H3. The van der Waals surface area contributed by atoms with Gasteiger partial charge < -0.3 is 10.5 Å². The summed E-state index contributed by atoms with van der Waals surface area (Å²) in [4.78, 5) is 0. The van der Waals surface area contributed by atoms with Crippen LogP contribution in [0.3, 0.4) is 0 Å². The molecule has 0 heterocycles. The Morgan fingerprint density at radius 3 is 2.55 bits per heavy atom. The fourth-order valence-electron chi connectivity index (χ4n) is 2.08. The van der Waals surface area contributed by atoms with E-state index in [4.69, 9.17) is 10.5 Å². The first-order valence-corrected chi connectivity index (χ1v) is 7.65. The van der Waals surface area contributed by atoms with Crippen LogP contribution in [0.4, 0.5) is 0 Å². The molecule has 2 N–H and O–H groups in total. The van der Waals surface area contributed by atoms with Crippen LogP contribution in [0.2, 0.25) is 0 Å². The van der Waals surface area contributed by atoms with Crippen LogP contribution in [0.5, 0.6) is 0 Å². The van der Waals surface area contributed by atoms with Gasteiger partial charge in [-0.05, 0) is 30.0 Å². The lowest BCUT2D eigenvalue weighted by Gasteiger charge is -2.14. The van der Waals surface area contributed by atoms with Crippen LogP contribution in [0.15, 0.2) is 24.3 Å². The normalized spacial score (nSPS) is 11.8. The van der Waals surface area contributed by atoms with Crippen molar-refractivity contribution in [1.82, 2.24) is 0 Å². The van der Waals surface area contributed by atoms with Crippen molar-refractivity contribution < 1.29 is 4.74 Å². The lowest BCUT2D eigenvalue weighted by Crippen LogP contribution is -2.08. The highest BCUT2D eigenvalue weighted by Gasteiger charge is 2.05. The molecule has 1 aromatic carbocycles. The van der Waals surface area contributed by atoms with Gasteiger partial charge in [-0.15, -0.1) is 0 Å². The van der Waals surface area contributed by atoms with Crippen molar-refractivity contribution in [2.45, 2.75) is 46.1 Å². The lowest BCUT2D eigenvalue weighted by molar-refractivity contribution is 0.0820. The van der Waals surface area contributed by atoms with E-state index < -0.39 is 0 Å². The Hall–Kier alpha value is -1.30. The van der Waals surface area contributed by atoms with Gasteiger partial charge in [-0.3, -0.25) is 0 Å². The molecular formula is C18H27NO. The zero-order valence-corrected chi connectivity index (χ0v) is 12.8. The molecule has 0 aliphatic heterocycles. The molecule has 0 aromatic heterocycles. The molecule has 20 heavy (non-hydrogen) atoms. The predicted molar refractivity (Wildman–Crippen MR) is 85.3 cm³/mol. The first-order valence-electron chi connectivity index (χ1n) is 7.65. The van der Waals surface area contributed by atoms with E-state index in [1.54, 1.807) is 0 Å². The van der Waals surface area contributed by atoms with Gasteiger partial charge in [0, 0.05) is 12.2 Å². The van der Waals surface area contributed by atoms with Gasteiger partial charge in [0.1, 0.15) is 0 Å². The van der Waals surface area contributed by atoms with Gasteiger partial charge in [0.15, 0.2) is 0 Å². The van der Waals surface area contributed by atoms with Crippen LogP contribution < -0.4 is 5.73 Å². The SMILES string of the molecule is CCCCC(CC)COCc1ccc(C#CCN)cc1. The second kappa shape index (κ2) is 10.5. The Bertz CT molecular complexity index is 413. The molecule has 2 heteroatoms. The maximum atomic E-state index is 5.83. The van der Waals surface area contributed by atoms with Crippen molar-refractivity contribution in [3.8, 4) is 11.8 Å². The molecular weight excluding hydrogens is 246 g/mol. The molecule has 2 nitrogen and oxygen atoms in total. The molecule has 1 unspecified atom stereocenters. The smallest absolute Gasteiger partial charge is 0.0717 e. The van der Waals surface area contributed by atoms with Crippen LogP contribution in [0.25, 0.3) is 0 Å². The molecule has 0 spiro atoms. The van der Waals surface area contributed by atoms with E-state index in [2.05, 4.69) is 37.8 Å². The van der Waals surface area contributed by atoms with E-state index in [9.17, 15) is 0 Å². The van der Waals surface area contributed by atoms with Crippen LogP contribution in [-0.4, -0.2) is 13.2 Å². The van der Waals surface area contributed by atoms with Gasteiger partial charge in [-0.1, -0.05) is 57.1 Å². The van der Waals surface area contributed by atoms with Crippen LogP contribution in [0, 0.1) is 17.8 Å². The lowest BCUT2D eigenvalue weighted by atomic mass is 10.0. The first kappa shape index (κ1) is 16.8. The van der Waals surface area contributed by atoms with Crippen LogP contribution in [-0.2, 0) is 11.3 Å². The summed E-state index contributed by atoms with van der Waals surface area (Å²) in [5, 5.41) is 0. The third-order valence-corrected chi connectivity index (χ3v) is 3.45. The molecule has 0 saturated carbocycles. The molecule has 0 bridgehead atoms. The Morgan fingerprint density at radius 1 is 1.20 bits per heavy atom. The summed E-state index contributed by atoms with van der Waals surface area (Å²) >= 11 is 0. The second-order valence-electron chi connectivity index (χ2n) is 5.13. The molecule has 1 aromatic rings. The summed E-state index contributed by atoms with van der Waals surface area (Å²) in [7, 11) is 0. The molecule has 0 amide bonds. The highest BCUT2D eigenvalue weighted by atomic mass is 16.5. The number of rotatable bonds is 8. The van der Waals surface area contributed by atoms with Gasteiger partial charge in [-0.2, -0.15) is 0 Å². The largest absolute Gasteiger partial charge is 0.376 e.